The number of hydrogen-bond acceptors (Lipinski definition) is 4. The molecule has 0 unspecified atom stereocenters. The second-order valence-corrected chi connectivity index (χ2v) is 3.44. The summed E-state index contributed by atoms with van der Waals surface area (Å²) in [6.45, 7) is 3.39. The first-order valence-electron chi connectivity index (χ1n) is 4.90. The Morgan fingerprint density at radius 2 is 1.75 bits per heavy atom. The highest BCUT2D eigenvalue weighted by atomic mass is 16.6. The largest absolute Gasteiger partial charge is 0.466 e. The van der Waals surface area contributed by atoms with Gasteiger partial charge in [-0.1, -0.05) is 17.7 Å². The van der Waals surface area contributed by atoms with Gasteiger partial charge in [-0.15, -0.1) is 0 Å². The first kappa shape index (κ1) is 12.2. The molecular formula is C12H14O4. The van der Waals surface area contributed by atoms with Gasteiger partial charge in [-0.25, -0.2) is 9.59 Å². The molecule has 0 bridgehead atoms. The zero-order valence-corrected chi connectivity index (χ0v) is 9.52. The maximum absolute atomic E-state index is 11.6. The molecule has 16 heavy (non-hydrogen) atoms. The highest BCUT2D eigenvalue weighted by Crippen LogP contribution is 2.07. The molecule has 0 aliphatic carbocycles. The molecule has 0 aliphatic heterocycles. The lowest BCUT2D eigenvalue weighted by molar-refractivity contribution is -0.149. The molecule has 1 rings (SSSR count). The lowest BCUT2D eigenvalue weighted by atomic mass is 10.1. The summed E-state index contributed by atoms with van der Waals surface area (Å²) in [5, 5.41) is 0. The van der Waals surface area contributed by atoms with Gasteiger partial charge in [0.15, 0.2) is 6.10 Å². The Morgan fingerprint density at radius 3 is 2.25 bits per heavy atom. The highest BCUT2D eigenvalue weighted by Gasteiger charge is 2.18. The molecule has 4 nitrogen and oxygen atoms in total. The molecular weight excluding hydrogens is 208 g/mol. The van der Waals surface area contributed by atoms with E-state index in [1.165, 1.54) is 14.0 Å². The fourth-order valence-corrected chi connectivity index (χ4v) is 1.13. The van der Waals surface area contributed by atoms with Crippen LogP contribution in [0.3, 0.4) is 0 Å². The van der Waals surface area contributed by atoms with Crippen molar-refractivity contribution in [3.8, 4) is 0 Å². The Kier molecular flexibility index (Phi) is 4.05. The molecule has 0 aliphatic rings. The average molecular weight is 222 g/mol. The van der Waals surface area contributed by atoms with Gasteiger partial charge >= 0.3 is 11.9 Å². The maximum Gasteiger partial charge on any atom is 0.346 e. The van der Waals surface area contributed by atoms with Gasteiger partial charge in [0.1, 0.15) is 0 Å². The van der Waals surface area contributed by atoms with Crippen LogP contribution >= 0.6 is 0 Å². The van der Waals surface area contributed by atoms with Gasteiger partial charge in [0.2, 0.25) is 0 Å². The van der Waals surface area contributed by atoms with E-state index in [4.69, 9.17) is 4.74 Å². The minimum Gasteiger partial charge on any atom is -0.466 e. The minimum atomic E-state index is -0.890. The van der Waals surface area contributed by atoms with E-state index in [0.717, 1.165) is 5.56 Å². The van der Waals surface area contributed by atoms with Gasteiger partial charge in [-0.3, -0.25) is 0 Å². The molecule has 0 amide bonds. The van der Waals surface area contributed by atoms with E-state index in [2.05, 4.69) is 4.74 Å². The summed E-state index contributed by atoms with van der Waals surface area (Å²) in [6.07, 6.45) is -0.890. The normalized spacial score (nSPS) is 11.7. The van der Waals surface area contributed by atoms with Gasteiger partial charge < -0.3 is 9.47 Å². The molecule has 1 atom stereocenters. The fourth-order valence-electron chi connectivity index (χ4n) is 1.13. The zero-order valence-electron chi connectivity index (χ0n) is 9.52. The minimum absolute atomic E-state index is 0.418. The Hall–Kier alpha value is -1.84. The van der Waals surface area contributed by atoms with E-state index in [9.17, 15) is 9.59 Å². The third-order valence-electron chi connectivity index (χ3n) is 2.10. The van der Waals surface area contributed by atoms with Crippen molar-refractivity contribution < 1.29 is 19.1 Å². The van der Waals surface area contributed by atoms with Crippen molar-refractivity contribution in [3.63, 3.8) is 0 Å². The number of aryl methyl sites for hydroxylation is 1. The number of ether oxygens (including phenoxy) is 2. The molecule has 0 saturated heterocycles. The number of carbonyl (C=O) groups excluding carboxylic acids is 2. The zero-order chi connectivity index (χ0) is 12.1. The van der Waals surface area contributed by atoms with Crippen molar-refractivity contribution in [2.24, 2.45) is 0 Å². The van der Waals surface area contributed by atoms with Crippen LogP contribution in [0, 0.1) is 6.92 Å². The van der Waals surface area contributed by atoms with Crippen LogP contribution < -0.4 is 0 Å². The third-order valence-corrected chi connectivity index (χ3v) is 2.10. The van der Waals surface area contributed by atoms with Crippen molar-refractivity contribution in [1.29, 1.82) is 0 Å². The average Bonchev–Trinajstić information content (AvgIpc) is 2.28. The molecule has 0 saturated carbocycles. The Balaban J connectivity index is 2.65. The molecule has 0 aromatic heterocycles. The second kappa shape index (κ2) is 5.30. The van der Waals surface area contributed by atoms with Crippen LogP contribution in [0.2, 0.25) is 0 Å². The number of rotatable bonds is 3. The molecule has 4 heteroatoms. The molecule has 0 spiro atoms. The SMILES string of the molecule is COC(=O)[C@H](C)OC(=O)c1ccc(C)cc1. The molecule has 86 valence electrons. The van der Waals surface area contributed by atoms with Crippen LogP contribution in [-0.2, 0) is 14.3 Å². The first-order chi connectivity index (χ1) is 7.54. The molecule has 0 N–H and O–H groups in total. The summed E-state index contributed by atoms with van der Waals surface area (Å²) in [6, 6.07) is 6.92. The highest BCUT2D eigenvalue weighted by molar-refractivity contribution is 5.91. The van der Waals surface area contributed by atoms with Crippen molar-refractivity contribution in [2.75, 3.05) is 7.11 Å². The van der Waals surface area contributed by atoms with Crippen LogP contribution in [0.1, 0.15) is 22.8 Å². The Labute approximate surface area is 94.2 Å². The number of carbonyl (C=O) groups is 2. The van der Waals surface area contributed by atoms with Crippen LogP contribution in [0.25, 0.3) is 0 Å². The van der Waals surface area contributed by atoms with Crippen LogP contribution in [0.4, 0.5) is 0 Å². The molecule has 1 aromatic rings. The van der Waals surface area contributed by atoms with Gasteiger partial charge in [-0.05, 0) is 26.0 Å². The van der Waals surface area contributed by atoms with Crippen molar-refractivity contribution >= 4 is 11.9 Å². The van der Waals surface area contributed by atoms with Crippen LogP contribution in [0.15, 0.2) is 24.3 Å². The topological polar surface area (TPSA) is 52.6 Å². The maximum atomic E-state index is 11.6. The number of hydrogen-bond donors (Lipinski definition) is 0. The van der Waals surface area contributed by atoms with Gasteiger partial charge in [0, 0.05) is 0 Å². The summed E-state index contributed by atoms with van der Waals surface area (Å²) >= 11 is 0. The van der Waals surface area contributed by atoms with E-state index in [-0.39, 0.29) is 0 Å². The summed E-state index contributed by atoms with van der Waals surface area (Å²) in [7, 11) is 1.25. The Morgan fingerprint density at radius 1 is 1.19 bits per heavy atom. The van der Waals surface area contributed by atoms with Crippen LogP contribution in [-0.4, -0.2) is 25.2 Å². The van der Waals surface area contributed by atoms with E-state index in [1.54, 1.807) is 24.3 Å². The summed E-state index contributed by atoms with van der Waals surface area (Å²) < 4.78 is 9.37. The smallest absolute Gasteiger partial charge is 0.346 e. The summed E-state index contributed by atoms with van der Waals surface area (Å²) in [4.78, 5) is 22.6. The van der Waals surface area contributed by atoms with Gasteiger partial charge in [0.05, 0.1) is 12.7 Å². The summed E-state index contributed by atoms with van der Waals surface area (Å²) in [5.41, 5.74) is 1.47. The van der Waals surface area contributed by atoms with E-state index >= 15 is 0 Å². The monoisotopic (exact) mass is 222 g/mol. The molecule has 1 aromatic carbocycles. The quantitative estimate of drug-likeness (QED) is 0.730. The lowest BCUT2D eigenvalue weighted by Gasteiger charge is -2.10. The summed E-state index contributed by atoms with van der Waals surface area (Å²) in [5.74, 6) is -1.10. The van der Waals surface area contributed by atoms with E-state index < -0.39 is 18.0 Å². The predicted molar refractivity (Wildman–Crippen MR) is 58.1 cm³/mol. The molecule has 0 radical (unpaired) electrons. The van der Waals surface area contributed by atoms with Crippen molar-refractivity contribution in [3.05, 3.63) is 35.4 Å². The number of esters is 2. The van der Waals surface area contributed by atoms with Crippen LogP contribution in [0.5, 0.6) is 0 Å². The first-order valence-corrected chi connectivity index (χ1v) is 4.90. The molecule has 0 fully saturated rings. The lowest BCUT2D eigenvalue weighted by Crippen LogP contribution is -2.25. The van der Waals surface area contributed by atoms with Crippen molar-refractivity contribution in [2.45, 2.75) is 20.0 Å². The number of methoxy groups -OCH3 is 1. The van der Waals surface area contributed by atoms with Crippen molar-refractivity contribution in [1.82, 2.24) is 0 Å². The number of benzene rings is 1. The van der Waals surface area contributed by atoms with Gasteiger partial charge in [0.25, 0.3) is 0 Å². The predicted octanol–water partition coefficient (Wildman–Crippen LogP) is 1.71. The van der Waals surface area contributed by atoms with Gasteiger partial charge in [-0.2, -0.15) is 0 Å². The Bertz CT molecular complexity index is 381. The molecule has 0 heterocycles. The van der Waals surface area contributed by atoms with E-state index in [0.29, 0.717) is 5.56 Å². The second-order valence-electron chi connectivity index (χ2n) is 3.44. The fraction of sp³-hybridized carbons (Fsp3) is 0.333. The van der Waals surface area contributed by atoms with E-state index in [1.807, 2.05) is 6.92 Å². The standard InChI is InChI=1S/C12H14O4/c1-8-4-6-10(7-5-8)12(14)16-9(2)11(13)15-3/h4-7,9H,1-3H3/t9-/m0/s1. The third kappa shape index (κ3) is 3.08.